The molecule has 0 fully saturated rings. The van der Waals surface area contributed by atoms with Gasteiger partial charge >= 0.3 is 0 Å². The predicted molar refractivity (Wildman–Crippen MR) is 68.8 cm³/mol. The Bertz CT molecular complexity index is 467. The Hall–Kier alpha value is -1.44. The van der Waals surface area contributed by atoms with E-state index in [1.807, 2.05) is 0 Å². The lowest BCUT2D eigenvalue weighted by Crippen LogP contribution is -2.25. The van der Waals surface area contributed by atoms with Crippen molar-refractivity contribution >= 4 is 29.0 Å². The van der Waals surface area contributed by atoms with Crippen LogP contribution in [0.25, 0.3) is 0 Å². The van der Waals surface area contributed by atoms with Crippen LogP contribution in [0.3, 0.4) is 0 Å². The molecule has 0 saturated heterocycles. The van der Waals surface area contributed by atoms with Crippen molar-refractivity contribution in [2.75, 3.05) is 30.0 Å². The normalized spacial score (nSPS) is 15.6. The van der Waals surface area contributed by atoms with E-state index in [0.717, 1.165) is 4.90 Å². The second-order valence-corrected chi connectivity index (χ2v) is 4.93. The average molecular weight is 270 g/mol. The number of nitrogens with two attached hydrogens (primary N) is 1. The topological polar surface area (TPSA) is 105 Å². The summed E-state index contributed by atoms with van der Waals surface area (Å²) in [6, 6.07) is 3.35. The van der Waals surface area contributed by atoms with E-state index < -0.39 is 6.10 Å². The molecule has 1 unspecified atom stereocenters. The minimum atomic E-state index is -0.795. The number of anilines is 2. The summed E-state index contributed by atoms with van der Waals surface area (Å²) in [5, 5.41) is 20.7. The van der Waals surface area contributed by atoms with Crippen molar-refractivity contribution in [1.29, 1.82) is 0 Å². The summed E-state index contributed by atoms with van der Waals surface area (Å²) in [6.07, 6.45) is -0.795. The first kappa shape index (κ1) is 13.0. The molecule has 0 radical (unpaired) electrons. The Labute approximate surface area is 108 Å². The van der Waals surface area contributed by atoms with Crippen molar-refractivity contribution in [1.82, 2.24) is 0 Å². The van der Waals surface area contributed by atoms with Crippen LogP contribution in [0.1, 0.15) is 0 Å². The fourth-order valence-electron chi connectivity index (χ4n) is 1.49. The molecule has 1 aliphatic rings. The van der Waals surface area contributed by atoms with Gasteiger partial charge in [-0.3, -0.25) is 4.79 Å². The molecule has 0 spiro atoms. The molecule has 0 bridgehead atoms. The Kier molecular flexibility index (Phi) is 3.95. The highest BCUT2D eigenvalue weighted by Crippen LogP contribution is 2.37. The number of amides is 1. The molecule has 1 amide bonds. The molecule has 1 heterocycles. The van der Waals surface area contributed by atoms with Gasteiger partial charge in [0.05, 0.1) is 18.4 Å². The number of aliphatic hydroxyl groups is 2. The SMILES string of the molecule is Nc1cc2c(cc1SCC(O)CO)NC(=O)CO2. The van der Waals surface area contributed by atoms with E-state index in [1.165, 1.54) is 11.8 Å². The van der Waals surface area contributed by atoms with Gasteiger partial charge in [0.15, 0.2) is 6.61 Å². The number of ether oxygens (including phenoxy) is 1. The largest absolute Gasteiger partial charge is 0.482 e. The van der Waals surface area contributed by atoms with Crippen molar-refractivity contribution in [2.45, 2.75) is 11.0 Å². The molecule has 98 valence electrons. The molecular weight excluding hydrogens is 256 g/mol. The molecule has 6 nitrogen and oxygen atoms in total. The number of nitrogen functional groups attached to an aromatic ring is 1. The second kappa shape index (κ2) is 5.47. The first-order chi connectivity index (χ1) is 8.60. The molecule has 0 saturated carbocycles. The monoisotopic (exact) mass is 270 g/mol. The molecule has 1 aromatic rings. The van der Waals surface area contributed by atoms with Gasteiger partial charge in [-0.15, -0.1) is 11.8 Å². The average Bonchev–Trinajstić information content (AvgIpc) is 2.36. The number of rotatable bonds is 4. The molecule has 0 aromatic heterocycles. The fourth-order valence-corrected chi connectivity index (χ4v) is 2.39. The Morgan fingerprint density at radius 2 is 2.33 bits per heavy atom. The Balaban J connectivity index is 2.16. The third-order valence-corrected chi connectivity index (χ3v) is 3.60. The highest BCUT2D eigenvalue weighted by Gasteiger charge is 2.18. The Morgan fingerprint density at radius 1 is 1.56 bits per heavy atom. The van der Waals surface area contributed by atoms with Gasteiger partial charge in [-0.05, 0) is 6.07 Å². The van der Waals surface area contributed by atoms with Crippen LogP contribution in [0.2, 0.25) is 0 Å². The van der Waals surface area contributed by atoms with E-state index in [4.69, 9.17) is 15.6 Å². The van der Waals surface area contributed by atoms with Crippen molar-refractivity contribution in [2.24, 2.45) is 0 Å². The van der Waals surface area contributed by atoms with E-state index in [9.17, 15) is 9.90 Å². The number of fused-ring (bicyclic) bond motifs is 1. The van der Waals surface area contributed by atoms with E-state index in [1.54, 1.807) is 12.1 Å². The molecule has 18 heavy (non-hydrogen) atoms. The van der Waals surface area contributed by atoms with Crippen molar-refractivity contribution in [3.8, 4) is 5.75 Å². The van der Waals surface area contributed by atoms with E-state index in [2.05, 4.69) is 5.32 Å². The summed E-state index contributed by atoms with van der Waals surface area (Å²) in [4.78, 5) is 11.9. The first-order valence-corrected chi connectivity index (χ1v) is 6.36. The lowest BCUT2D eigenvalue weighted by atomic mass is 10.2. The molecule has 0 aliphatic carbocycles. The van der Waals surface area contributed by atoms with Crippen LogP contribution in [-0.2, 0) is 4.79 Å². The van der Waals surface area contributed by atoms with Crippen LogP contribution in [-0.4, -0.2) is 41.2 Å². The highest BCUT2D eigenvalue weighted by molar-refractivity contribution is 7.99. The maximum absolute atomic E-state index is 11.2. The predicted octanol–water partition coefficient (Wildman–Crippen LogP) is 0.0450. The number of nitrogens with one attached hydrogen (secondary N) is 1. The van der Waals surface area contributed by atoms with Gasteiger partial charge in [-0.25, -0.2) is 0 Å². The summed E-state index contributed by atoms with van der Waals surface area (Å²) in [6.45, 7) is -0.306. The van der Waals surface area contributed by atoms with E-state index in [0.29, 0.717) is 22.9 Å². The maximum Gasteiger partial charge on any atom is 0.262 e. The van der Waals surface area contributed by atoms with Crippen LogP contribution in [0, 0.1) is 0 Å². The number of benzene rings is 1. The van der Waals surface area contributed by atoms with Gasteiger partial charge in [-0.2, -0.15) is 0 Å². The summed E-state index contributed by atoms with van der Waals surface area (Å²) in [5.41, 5.74) is 6.93. The second-order valence-electron chi connectivity index (χ2n) is 3.87. The van der Waals surface area contributed by atoms with Crippen molar-refractivity contribution in [3.05, 3.63) is 12.1 Å². The van der Waals surface area contributed by atoms with Gasteiger partial charge in [-0.1, -0.05) is 0 Å². The van der Waals surface area contributed by atoms with Crippen LogP contribution < -0.4 is 15.8 Å². The molecule has 1 atom stereocenters. The quantitative estimate of drug-likeness (QED) is 0.455. The molecule has 1 aliphatic heterocycles. The first-order valence-electron chi connectivity index (χ1n) is 5.38. The summed E-state index contributed by atoms with van der Waals surface area (Å²) in [5.74, 6) is 0.659. The van der Waals surface area contributed by atoms with Crippen LogP contribution >= 0.6 is 11.8 Å². The van der Waals surface area contributed by atoms with Gasteiger partial charge in [0, 0.05) is 22.4 Å². The van der Waals surface area contributed by atoms with Crippen molar-refractivity contribution < 1.29 is 19.7 Å². The van der Waals surface area contributed by atoms with Gasteiger partial charge in [0.25, 0.3) is 5.91 Å². The molecule has 5 N–H and O–H groups in total. The summed E-state index contributed by atoms with van der Waals surface area (Å²) < 4.78 is 5.23. The van der Waals surface area contributed by atoms with Gasteiger partial charge in [0.2, 0.25) is 0 Å². The zero-order chi connectivity index (χ0) is 13.1. The third-order valence-electron chi connectivity index (χ3n) is 2.39. The fraction of sp³-hybridized carbons (Fsp3) is 0.364. The lowest BCUT2D eigenvalue weighted by molar-refractivity contribution is -0.118. The Morgan fingerprint density at radius 3 is 3.06 bits per heavy atom. The zero-order valence-electron chi connectivity index (χ0n) is 9.55. The minimum Gasteiger partial charge on any atom is -0.482 e. The third kappa shape index (κ3) is 2.87. The molecular formula is C11H14N2O4S. The standard InChI is InChI=1S/C11H14N2O4S/c12-7-1-9-8(13-11(16)4-17-9)2-10(7)18-5-6(15)3-14/h1-2,6,14-15H,3-5,12H2,(H,13,16). The van der Waals surface area contributed by atoms with E-state index >= 15 is 0 Å². The summed E-state index contributed by atoms with van der Waals surface area (Å²) in [7, 11) is 0. The molecule has 1 aromatic carbocycles. The number of carbonyl (C=O) groups is 1. The van der Waals surface area contributed by atoms with Crippen LogP contribution in [0.5, 0.6) is 5.75 Å². The summed E-state index contributed by atoms with van der Waals surface area (Å²) >= 11 is 1.31. The highest BCUT2D eigenvalue weighted by atomic mass is 32.2. The van der Waals surface area contributed by atoms with E-state index in [-0.39, 0.29) is 19.1 Å². The minimum absolute atomic E-state index is 0.0118. The number of hydrogen-bond donors (Lipinski definition) is 4. The molecule has 7 heteroatoms. The van der Waals surface area contributed by atoms with Crippen LogP contribution in [0.4, 0.5) is 11.4 Å². The number of thioether (sulfide) groups is 1. The van der Waals surface area contributed by atoms with Crippen molar-refractivity contribution in [3.63, 3.8) is 0 Å². The lowest BCUT2D eigenvalue weighted by Gasteiger charge is -2.20. The smallest absolute Gasteiger partial charge is 0.262 e. The molecule has 2 rings (SSSR count). The maximum atomic E-state index is 11.2. The number of aliphatic hydroxyl groups excluding tert-OH is 2. The zero-order valence-corrected chi connectivity index (χ0v) is 10.4. The van der Waals surface area contributed by atoms with Gasteiger partial charge in [0.1, 0.15) is 5.75 Å². The van der Waals surface area contributed by atoms with Crippen LogP contribution in [0.15, 0.2) is 17.0 Å². The number of hydrogen-bond acceptors (Lipinski definition) is 6. The van der Waals surface area contributed by atoms with Gasteiger partial charge < -0.3 is 26.0 Å². The number of carbonyl (C=O) groups excluding carboxylic acids is 1.